The fourth-order valence-electron chi connectivity index (χ4n) is 1.56. The Hall–Kier alpha value is -1.01. The van der Waals surface area contributed by atoms with Gasteiger partial charge in [-0.3, -0.25) is 4.79 Å². The predicted octanol–water partition coefficient (Wildman–Crippen LogP) is 1.85. The molecule has 0 heterocycles. The van der Waals surface area contributed by atoms with E-state index in [4.69, 9.17) is 6.42 Å². The first-order valence-electron chi connectivity index (χ1n) is 5.99. The van der Waals surface area contributed by atoms with Crippen LogP contribution in [0.15, 0.2) is 0 Å². The molecule has 0 atom stereocenters. The number of hydrogen-bond acceptors (Lipinski definition) is 2. The lowest BCUT2D eigenvalue weighted by Crippen LogP contribution is -2.50. The SMILES string of the molecule is C#CCCCCC(=O)NC(CC)(CC)CO. The highest BCUT2D eigenvalue weighted by molar-refractivity contribution is 5.76. The average molecular weight is 225 g/mol. The van der Waals surface area contributed by atoms with E-state index in [0.717, 1.165) is 32.1 Å². The predicted molar refractivity (Wildman–Crippen MR) is 65.8 cm³/mol. The van der Waals surface area contributed by atoms with E-state index < -0.39 is 5.54 Å². The standard InChI is InChI=1S/C13H23NO2/c1-4-7-8-9-10-12(16)14-13(5-2,6-3)11-15/h1,15H,5-11H2,2-3H3,(H,14,16). The van der Waals surface area contributed by atoms with Gasteiger partial charge in [0.2, 0.25) is 5.91 Å². The highest BCUT2D eigenvalue weighted by Crippen LogP contribution is 2.14. The van der Waals surface area contributed by atoms with E-state index in [9.17, 15) is 9.90 Å². The molecule has 0 aliphatic heterocycles. The van der Waals surface area contributed by atoms with Crippen LogP contribution in [0.2, 0.25) is 0 Å². The van der Waals surface area contributed by atoms with Gasteiger partial charge in [0.25, 0.3) is 0 Å². The van der Waals surface area contributed by atoms with Crippen LogP contribution in [0, 0.1) is 12.3 Å². The first-order valence-corrected chi connectivity index (χ1v) is 5.99. The van der Waals surface area contributed by atoms with Crippen molar-refractivity contribution in [1.82, 2.24) is 5.32 Å². The summed E-state index contributed by atoms with van der Waals surface area (Å²) in [6, 6.07) is 0. The molecular formula is C13H23NO2. The summed E-state index contributed by atoms with van der Waals surface area (Å²) < 4.78 is 0. The second kappa shape index (κ2) is 8.18. The van der Waals surface area contributed by atoms with Crippen LogP contribution >= 0.6 is 0 Å². The molecule has 2 N–H and O–H groups in total. The monoisotopic (exact) mass is 225 g/mol. The molecule has 0 bridgehead atoms. The van der Waals surface area contributed by atoms with Crippen LogP contribution in [0.3, 0.4) is 0 Å². The molecule has 92 valence electrons. The summed E-state index contributed by atoms with van der Waals surface area (Å²) in [6.07, 6.45) is 9.53. The van der Waals surface area contributed by atoms with Crippen molar-refractivity contribution in [3.63, 3.8) is 0 Å². The van der Waals surface area contributed by atoms with Crippen molar-refractivity contribution >= 4 is 5.91 Å². The molecule has 0 aromatic rings. The van der Waals surface area contributed by atoms with Crippen molar-refractivity contribution in [2.24, 2.45) is 0 Å². The molecule has 1 amide bonds. The van der Waals surface area contributed by atoms with Gasteiger partial charge in [-0.1, -0.05) is 13.8 Å². The number of nitrogens with one attached hydrogen (secondary N) is 1. The van der Waals surface area contributed by atoms with Crippen LogP contribution < -0.4 is 5.32 Å². The Bertz CT molecular complexity index is 231. The van der Waals surface area contributed by atoms with Crippen LogP contribution in [-0.4, -0.2) is 23.2 Å². The third kappa shape index (κ3) is 5.18. The van der Waals surface area contributed by atoms with Gasteiger partial charge in [-0.15, -0.1) is 12.3 Å². The quantitative estimate of drug-likeness (QED) is 0.489. The van der Waals surface area contributed by atoms with Gasteiger partial charge in [0, 0.05) is 12.8 Å². The van der Waals surface area contributed by atoms with E-state index in [1.54, 1.807) is 0 Å². The van der Waals surface area contributed by atoms with Crippen molar-refractivity contribution in [3.05, 3.63) is 0 Å². The molecule has 0 spiro atoms. The molecule has 0 radical (unpaired) electrons. The highest BCUT2D eigenvalue weighted by atomic mass is 16.3. The summed E-state index contributed by atoms with van der Waals surface area (Å²) in [5, 5.41) is 12.2. The van der Waals surface area contributed by atoms with E-state index in [0.29, 0.717) is 6.42 Å². The van der Waals surface area contributed by atoms with Gasteiger partial charge in [-0.2, -0.15) is 0 Å². The Morgan fingerprint density at radius 1 is 1.38 bits per heavy atom. The van der Waals surface area contributed by atoms with Gasteiger partial charge in [-0.05, 0) is 25.7 Å². The summed E-state index contributed by atoms with van der Waals surface area (Å²) in [4.78, 5) is 11.6. The molecular weight excluding hydrogens is 202 g/mol. The summed E-state index contributed by atoms with van der Waals surface area (Å²) >= 11 is 0. The minimum absolute atomic E-state index is 0.00387. The Morgan fingerprint density at radius 3 is 2.44 bits per heavy atom. The summed E-state index contributed by atoms with van der Waals surface area (Å²) in [5.74, 6) is 2.56. The molecule has 16 heavy (non-hydrogen) atoms. The van der Waals surface area contributed by atoms with E-state index in [1.807, 2.05) is 13.8 Å². The van der Waals surface area contributed by atoms with Crippen LogP contribution in [0.4, 0.5) is 0 Å². The largest absolute Gasteiger partial charge is 0.394 e. The van der Waals surface area contributed by atoms with Gasteiger partial charge in [0.05, 0.1) is 12.1 Å². The van der Waals surface area contributed by atoms with Gasteiger partial charge in [0.1, 0.15) is 0 Å². The fraction of sp³-hybridized carbons (Fsp3) is 0.769. The van der Waals surface area contributed by atoms with E-state index in [1.165, 1.54) is 0 Å². The number of carbonyl (C=O) groups excluding carboxylic acids is 1. The number of amides is 1. The number of rotatable bonds is 8. The summed E-state index contributed by atoms with van der Waals surface area (Å²) in [6.45, 7) is 3.94. The van der Waals surface area contributed by atoms with E-state index in [2.05, 4.69) is 11.2 Å². The third-order valence-electron chi connectivity index (χ3n) is 3.04. The fourth-order valence-corrected chi connectivity index (χ4v) is 1.56. The Morgan fingerprint density at radius 2 is 2.00 bits per heavy atom. The minimum Gasteiger partial charge on any atom is -0.394 e. The van der Waals surface area contributed by atoms with Crippen molar-refractivity contribution in [2.75, 3.05) is 6.61 Å². The van der Waals surface area contributed by atoms with Crippen LogP contribution in [-0.2, 0) is 4.79 Å². The number of aliphatic hydroxyl groups is 1. The van der Waals surface area contributed by atoms with Crippen LogP contribution in [0.1, 0.15) is 52.4 Å². The van der Waals surface area contributed by atoms with Gasteiger partial charge in [-0.25, -0.2) is 0 Å². The van der Waals surface area contributed by atoms with Crippen molar-refractivity contribution in [2.45, 2.75) is 57.9 Å². The molecule has 0 aromatic carbocycles. The molecule has 0 rings (SSSR count). The maximum Gasteiger partial charge on any atom is 0.220 e. The number of aliphatic hydroxyl groups excluding tert-OH is 1. The summed E-state index contributed by atoms with van der Waals surface area (Å²) in [5.41, 5.74) is -0.441. The second-order valence-corrected chi connectivity index (χ2v) is 4.10. The lowest BCUT2D eigenvalue weighted by atomic mass is 9.93. The molecule has 0 unspecified atom stereocenters. The molecule has 0 saturated heterocycles. The molecule has 0 aliphatic rings. The molecule has 0 saturated carbocycles. The number of unbranched alkanes of at least 4 members (excludes halogenated alkanes) is 2. The first-order chi connectivity index (χ1) is 7.64. The van der Waals surface area contributed by atoms with Crippen LogP contribution in [0.5, 0.6) is 0 Å². The zero-order valence-electron chi connectivity index (χ0n) is 10.4. The maximum atomic E-state index is 11.6. The summed E-state index contributed by atoms with van der Waals surface area (Å²) in [7, 11) is 0. The highest BCUT2D eigenvalue weighted by Gasteiger charge is 2.26. The molecule has 0 aliphatic carbocycles. The lowest BCUT2D eigenvalue weighted by molar-refractivity contribution is -0.123. The number of terminal acetylenes is 1. The average Bonchev–Trinajstić information content (AvgIpc) is 2.32. The van der Waals surface area contributed by atoms with E-state index in [-0.39, 0.29) is 12.5 Å². The first kappa shape index (κ1) is 15.0. The second-order valence-electron chi connectivity index (χ2n) is 4.10. The van der Waals surface area contributed by atoms with Gasteiger partial charge < -0.3 is 10.4 Å². The Balaban J connectivity index is 3.97. The number of carbonyl (C=O) groups is 1. The van der Waals surface area contributed by atoms with Gasteiger partial charge in [0.15, 0.2) is 0 Å². The smallest absolute Gasteiger partial charge is 0.220 e. The zero-order chi connectivity index (χ0) is 12.4. The Labute approximate surface area is 98.6 Å². The molecule has 3 nitrogen and oxygen atoms in total. The van der Waals surface area contributed by atoms with Crippen molar-refractivity contribution in [1.29, 1.82) is 0 Å². The van der Waals surface area contributed by atoms with Crippen molar-refractivity contribution < 1.29 is 9.90 Å². The molecule has 0 fully saturated rings. The number of hydrogen-bond donors (Lipinski definition) is 2. The van der Waals surface area contributed by atoms with E-state index >= 15 is 0 Å². The zero-order valence-corrected chi connectivity index (χ0v) is 10.4. The third-order valence-corrected chi connectivity index (χ3v) is 3.04. The molecule has 3 heteroatoms. The Kier molecular flexibility index (Phi) is 7.66. The molecule has 0 aromatic heterocycles. The lowest BCUT2D eigenvalue weighted by Gasteiger charge is -2.30. The van der Waals surface area contributed by atoms with Gasteiger partial charge >= 0.3 is 0 Å². The minimum atomic E-state index is -0.441. The topological polar surface area (TPSA) is 49.3 Å². The van der Waals surface area contributed by atoms with Crippen LogP contribution in [0.25, 0.3) is 0 Å². The normalized spacial score (nSPS) is 10.9. The maximum absolute atomic E-state index is 11.6. The van der Waals surface area contributed by atoms with Crippen molar-refractivity contribution in [3.8, 4) is 12.3 Å².